The first-order valence-electron chi connectivity index (χ1n) is 13.7. The quantitative estimate of drug-likeness (QED) is 0.375. The summed E-state index contributed by atoms with van der Waals surface area (Å²) in [6, 6.07) is 11.4. The minimum Gasteiger partial charge on any atom is -0.477 e. The Hall–Kier alpha value is -3.52. The number of hydrogen-bond acceptors (Lipinski definition) is 5. The SMILES string of the molecule is CCc1cc(F)ccc1C(=O)Nc1cc(-c2ccc(OCC3CC3)nc2)c(F)cc1N1C[C@@H](C)N(C)[C@@H](C)C1. The number of benzene rings is 2. The Morgan fingerprint density at radius 2 is 1.82 bits per heavy atom. The lowest BCUT2D eigenvalue weighted by Crippen LogP contribution is -2.55. The van der Waals surface area contributed by atoms with Crippen molar-refractivity contribution in [3.8, 4) is 17.0 Å². The molecule has 1 saturated carbocycles. The first-order valence-corrected chi connectivity index (χ1v) is 13.7. The second-order valence-electron chi connectivity index (χ2n) is 10.9. The summed E-state index contributed by atoms with van der Waals surface area (Å²) in [5.41, 5.74) is 3.05. The molecule has 2 atom stereocenters. The molecule has 1 aromatic heterocycles. The van der Waals surface area contributed by atoms with Crippen LogP contribution >= 0.6 is 0 Å². The number of carbonyl (C=O) groups is 1. The highest BCUT2D eigenvalue weighted by Gasteiger charge is 2.29. The van der Waals surface area contributed by atoms with Gasteiger partial charge in [0, 0.05) is 54.1 Å². The molecular formula is C31H36F2N4O2. The predicted molar refractivity (Wildman–Crippen MR) is 150 cm³/mol. The standard InChI is InChI=1S/C31H36F2N4O2/c1-5-22-12-24(32)9-10-25(22)31(38)35-28-13-26(23-8-11-30(34-15-23)39-18-21-6-7-21)27(33)14-29(28)37-16-19(2)36(4)20(3)17-37/h8-15,19-21H,5-7,16-18H2,1-4H3,(H,35,38)/t19-,20+. The molecule has 1 aliphatic carbocycles. The zero-order valence-corrected chi connectivity index (χ0v) is 23.0. The molecular weight excluding hydrogens is 498 g/mol. The molecule has 39 heavy (non-hydrogen) atoms. The van der Waals surface area contributed by atoms with E-state index in [1.54, 1.807) is 24.4 Å². The van der Waals surface area contributed by atoms with Gasteiger partial charge in [-0.15, -0.1) is 0 Å². The molecule has 2 aromatic carbocycles. The first kappa shape index (κ1) is 27.1. The molecule has 0 spiro atoms. The van der Waals surface area contributed by atoms with Crippen LogP contribution in [0.15, 0.2) is 48.7 Å². The number of hydrogen-bond donors (Lipinski definition) is 1. The Balaban J connectivity index is 1.50. The van der Waals surface area contributed by atoms with E-state index in [9.17, 15) is 9.18 Å². The van der Waals surface area contributed by atoms with Crippen LogP contribution in [0.4, 0.5) is 20.2 Å². The number of nitrogens with one attached hydrogen (secondary N) is 1. The Kier molecular flexibility index (Phi) is 7.84. The molecule has 2 fully saturated rings. The summed E-state index contributed by atoms with van der Waals surface area (Å²) in [6.07, 6.45) is 4.48. The van der Waals surface area contributed by atoms with Crippen molar-refractivity contribution in [2.45, 2.75) is 52.1 Å². The number of anilines is 2. The van der Waals surface area contributed by atoms with Gasteiger partial charge in [0.25, 0.3) is 5.91 Å². The third-order valence-corrected chi connectivity index (χ3v) is 7.94. The predicted octanol–water partition coefficient (Wildman–Crippen LogP) is 6.16. The fraction of sp³-hybridized carbons (Fsp3) is 0.419. The van der Waals surface area contributed by atoms with Crippen LogP contribution in [0.1, 0.15) is 49.5 Å². The minimum absolute atomic E-state index is 0.246. The number of amides is 1. The van der Waals surface area contributed by atoms with Gasteiger partial charge in [0.1, 0.15) is 11.6 Å². The van der Waals surface area contributed by atoms with Crippen molar-refractivity contribution >= 4 is 17.3 Å². The number of piperazine rings is 1. The van der Waals surface area contributed by atoms with Gasteiger partial charge in [-0.2, -0.15) is 0 Å². The van der Waals surface area contributed by atoms with Gasteiger partial charge in [-0.05, 0) is 88.0 Å². The van der Waals surface area contributed by atoms with Crippen molar-refractivity contribution in [2.24, 2.45) is 5.92 Å². The summed E-state index contributed by atoms with van der Waals surface area (Å²) in [7, 11) is 2.09. The molecule has 206 valence electrons. The van der Waals surface area contributed by atoms with E-state index in [4.69, 9.17) is 4.74 Å². The van der Waals surface area contributed by atoms with Crippen LogP contribution in [-0.2, 0) is 6.42 Å². The van der Waals surface area contributed by atoms with Crippen molar-refractivity contribution in [3.05, 3.63) is 71.4 Å². The number of aromatic nitrogens is 1. The molecule has 1 amide bonds. The van der Waals surface area contributed by atoms with Crippen molar-refractivity contribution in [3.63, 3.8) is 0 Å². The van der Waals surface area contributed by atoms with Crippen LogP contribution in [0, 0.1) is 17.6 Å². The van der Waals surface area contributed by atoms with E-state index in [0.29, 0.717) is 71.5 Å². The second-order valence-corrected chi connectivity index (χ2v) is 10.9. The molecule has 8 heteroatoms. The summed E-state index contributed by atoms with van der Waals surface area (Å²) < 4.78 is 35.3. The molecule has 0 radical (unpaired) electrons. The number of pyridine rings is 1. The fourth-order valence-electron chi connectivity index (χ4n) is 5.13. The maximum absolute atomic E-state index is 15.7. The number of nitrogens with zero attached hydrogens (tertiary/aromatic N) is 3. The third-order valence-electron chi connectivity index (χ3n) is 7.94. The number of halogens is 2. The van der Waals surface area contributed by atoms with Gasteiger partial charge >= 0.3 is 0 Å². The van der Waals surface area contributed by atoms with E-state index < -0.39 is 5.82 Å². The lowest BCUT2D eigenvalue weighted by molar-refractivity contribution is 0.102. The highest BCUT2D eigenvalue weighted by molar-refractivity contribution is 6.07. The maximum atomic E-state index is 15.7. The number of carbonyl (C=O) groups excluding carboxylic acids is 1. The van der Waals surface area contributed by atoms with Crippen LogP contribution in [0.2, 0.25) is 0 Å². The van der Waals surface area contributed by atoms with Crippen LogP contribution in [0.5, 0.6) is 5.88 Å². The first-order chi connectivity index (χ1) is 18.7. The Morgan fingerprint density at radius 3 is 2.46 bits per heavy atom. The zero-order chi connectivity index (χ0) is 27.7. The van der Waals surface area contributed by atoms with E-state index in [1.165, 1.54) is 37.1 Å². The minimum atomic E-state index is -0.397. The van der Waals surface area contributed by atoms with Crippen molar-refractivity contribution in [2.75, 3.05) is 37.0 Å². The highest BCUT2D eigenvalue weighted by atomic mass is 19.1. The van der Waals surface area contributed by atoms with Crippen molar-refractivity contribution in [1.29, 1.82) is 0 Å². The third kappa shape index (κ3) is 6.06. The van der Waals surface area contributed by atoms with Crippen LogP contribution in [0.25, 0.3) is 11.1 Å². The smallest absolute Gasteiger partial charge is 0.256 e. The Labute approximate surface area is 229 Å². The Bertz CT molecular complexity index is 1330. The molecule has 1 aliphatic heterocycles. The largest absolute Gasteiger partial charge is 0.477 e. The highest BCUT2D eigenvalue weighted by Crippen LogP contribution is 2.37. The fourth-order valence-corrected chi connectivity index (χ4v) is 5.13. The summed E-state index contributed by atoms with van der Waals surface area (Å²) in [5, 5.41) is 3.02. The van der Waals surface area contributed by atoms with E-state index in [-0.39, 0.29) is 23.8 Å². The normalized spacial score (nSPS) is 19.7. The number of aryl methyl sites for hydroxylation is 1. The zero-order valence-electron chi connectivity index (χ0n) is 23.0. The summed E-state index contributed by atoms with van der Waals surface area (Å²) in [4.78, 5) is 22.2. The molecule has 5 rings (SSSR count). The monoisotopic (exact) mass is 534 g/mol. The lowest BCUT2D eigenvalue weighted by atomic mass is 10.0. The molecule has 6 nitrogen and oxygen atoms in total. The molecule has 2 heterocycles. The maximum Gasteiger partial charge on any atom is 0.256 e. The van der Waals surface area contributed by atoms with Crippen LogP contribution in [-0.4, -0.2) is 54.6 Å². The van der Waals surface area contributed by atoms with Gasteiger partial charge in [0.15, 0.2) is 0 Å². The van der Waals surface area contributed by atoms with Crippen LogP contribution in [0.3, 0.4) is 0 Å². The van der Waals surface area contributed by atoms with Gasteiger partial charge in [-0.1, -0.05) is 6.92 Å². The van der Waals surface area contributed by atoms with Gasteiger partial charge in [-0.3, -0.25) is 9.69 Å². The van der Waals surface area contributed by atoms with E-state index in [2.05, 4.69) is 41.0 Å². The van der Waals surface area contributed by atoms with Gasteiger partial charge in [0.05, 0.1) is 18.0 Å². The second kappa shape index (κ2) is 11.3. The van der Waals surface area contributed by atoms with Crippen LogP contribution < -0.4 is 15.0 Å². The number of likely N-dealkylation sites (N-methyl/N-ethyl adjacent to an activating group) is 1. The van der Waals surface area contributed by atoms with Crippen molar-refractivity contribution in [1.82, 2.24) is 9.88 Å². The number of ether oxygens (including phenoxy) is 1. The molecule has 3 aromatic rings. The number of rotatable bonds is 8. The van der Waals surface area contributed by atoms with Gasteiger partial charge in [0.2, 0.25) is 5.88 Å². The van der Waals surface area contributed by atoms with Gasteiger partial charge < -0.3 is 15.0 Å². The molecule has 0 bridgehead atoms. The molecule has 2 aliphatic rings. The van der Waals surface area contributed by atoms with Gasteiger partial charge in [-0.25, -0.2) is 13.8 Å². The molecule has 0 unspecified atom stereocenters. The lowest BCUT2D eigenvalue weighted by Gasteiger charge is -2.44. The summed E-state index contributed by atoms with van der Waals surface area (Å²) in [5.74, 6) is -0.0165. The van der Waals surface area contributed by atoms with E-state index in [1.807, 2.05) is 6.92 Å². The average Bonchev–Trinajstić information content (AvgIpc) is 3.76. The summed E-state index contributed by atoms with van der Waals surface area (Å²) >= 11 is 0. The topological polar surface area (TPSA) is 57.7 Å². The summed E-state index contributed by atoms with van der Waals surface area (Å²) in [6.45, 7) is 8.18. The Morgan fingerprint density at radius 1 is 1.08 bits per heavy atom. The van der Waals surface area contributed by atoms with E-state index >= 15 is 4.39 Å². The molecule has 1 N–H and O–H groups in total. The van der Waals surface area contributed by atoms with Crippen molar-refractivity contribution < 1.29 is 18.3 Å². The van der Waals surface area contributed by atoms with E-state index in [0.717, 1.165) is 0 Å². The molecule has 1 saturated heterocycles. The average molecular weight is 535 g/mol.